The lowest BCUT2D eigenvalue weighted by Crippen LogP contribution is -2.47. The van der Waals surface area contributed by atoms with Gasteiger partial charge in [0.05, 0.1) is 12.1 Å². The Labute approximate surface area is 107 Å². The van der Waals surface area contributed by atoms with E-state index in [9.17, 15) is 24.7 Å². The second-order valence-corrected chi connectivity index (χ2v) is 4.84. The molecule has 0 amide bonds. The number of rotatable bonds is 8. The third kappa shape index (κ3) is 6.62. The lowest BCUT2D eigenvalue weighted by molar-refractivity contribution is -0.141. The van der Waals surface area contributed by atoms with Gasteiger partial charge in [-0.05, 0) is 5.53 Å². The Morgan fingerprint density at radius 3 is 2.32 bits per heavy atom. The zero-order valence-electron chi connectivity index (χ0n) is 9.77. The molecule has 0 aromatic heterocycles. The van der Waals surface area contributed by atoms with Crippen LogP contribution in [-0.2, 0) is 13.9 Å². The molecular weight excluding hydrogens is 285 g/mol. The van der Waals surface area contributed by atoms with Crippen LogP contribution in [0.2, 0.25) is 0 Å². The van der Waals surface area contributed by atoms with E-state index < -0.39 is 44.6 Å². The number of hydrogen-bond donors (Lipinski definition) is 5. The summed E-state index contributed by atoms with van der Waals surface area (Å²) in [4.78, 5) is 30.3. The number of hydrogen-bond acceptors (Lipinski definition) is 7. The summed E-state index contributed by atoms with van der Waals surface area (Å²) >= 11 is 0. The molecule has 19 heavy (non-hydrogen) atoms. The molecule has 0 heterocycles. The first-order chi connectivity index (χ1) is 8.60. The van der Waals surface area contributed by atoms with E-state index in [1.807, 2.05) is 0 Å². The average molecular weight is 299 g/mol. The molecule has 0 radical (unpaired) electrons. The molecule has 0 saturated heterocycles. The zero-order chi connectivity index (χ0) is 15.2. The highest BCUT2D eigenvalue weighted by Crippen LogP contribution is 2.35. The molecule has 0 unspecified atom stereocenters. The van der Waals surface area contributed by atoms with E-state index >= 15 is 0 Å². The Hall–Kier alpha value is -1.03. The van der Waals surface area contributed by atoms with E-state index in [2.05, 4.69) is 14.5 Å². The maximum Gasteiger partial charge on any atom is 0.470 e. The van der Waals surface area contributed by atoms with Gasteiger partial charge in [-0.1, -0.05) is 12.0 Å². The molecule has 0 aliphatic carbocycles. The summed E-state index contributed by atoms with van der Waals surface area (Å²) in [5.41, 5.74) is 8.12. The van der Waals surface area contributed by atoms with Crippen LogP contribution in [0.5, 0.6) is 0 Å². The van der Waals surface area contributed by atoms with Crippen molar-refractivity contribution in [2.75, 3.05) is 6.61 Å². The number of ketones is 1. The fourth-order valence-corrected chi connectivity index (χ4v) is 1.34. The van der Waals surface area contributed by atoms with Crippen molar-refractivity contribution in [1.82, 2.24) is 0 Å². The summed E-state index contributed by atoms with van der Waals surface area (Å²) in [7, 11) is -4.89. The van der Waals surface area contributed by atoms with Gasteiger partial charge in [-0.25, -0.2) is 4.57 Å². The topological polar surface area (TPSA) is 193 Å². The summed E-state index contributed by atoms with van der Waals surface area (Å²) in [6.45, 7) is 0.0854. The van der Waals surface area contributed by atoms with Gasteiger partial charge in [0.2, 0.25) is 0 Å². The van der Waals surface area contributed by atoms with E-state index in [-0.39, 0.29) is 0 Å². The van der Waals surface area contributed by atoms with Gasteiger partial charge >= 0.3 is 7.82 Å². The van der Waals surface area contributed by atoms with Crippen molar-refractivity contribution in [3.63, 3.8) is 0 Å². The molecule has 11 nitrogen and oxygen atoms in total. The van der Waals surface area contributed by atoms with Crippen LogP contribution in [0.4, 0.5) is 0 Å². The third-order valence-electron chi connectivity index (χ3n) is 2.11. The molecule has 0 saturated carbocycles. The first-order valence-corrected chi connectivity index (χ1v) is 6.44. The lowest BCUT2D eigenvalue weighted by atomic mass is 10.0. The fourth-order valence-electron chi connectivity index (χ4n) is 1.05. The normalized spacial score (nSPS) is 18.0. The molecule has 0 aromatic carbocycles. The van der Waals surface area contributed by atoms with E-state index in [0.717, 1.165) is 0 Å². The molecule has 5 N–H and O–H groups in total. The van der Waals surface area contributed by atoms with Crippen LogP contribution >= 0.6 is 7.82 Å². The van der Waals surface area contributed by atoms with E-state index in [1.54, 1.807) is 0 Å². The summed E-state index contributed by atoms with van der Waals surface area (Å²) in [5.74, 6) is -1.25. The molecule has 0 aromatic rings. The standard InChI is InChI=1S/C7H14N3O8P/c1-3(9-10-8)5(12)7(14)6(13)4(11)2-18-19(15,16)17/h3,5-7,12-14H,2H2,1H3,(H2,15,16,17)/t3-,5+,6+,7+/m0/s1. The van der Waals surface area contributed by atoms with Crippen LogP contribution in [0.1, 0.15) is 6.92 Å². The number of phosphoric acid groups is 1. The minimum absolute atomic E-state index is 1.12. The molecular formula is C7H14N3O8P. The Balaban J connectivity index is 4.54. The van der Waals surface area contributed by atoms with Gasteiger partial charge in [0.1, 0.15) is 18.8 Å². The van der Waals surface area contributed by atoms with Crippen molar-refractivity contribution in [2.45, 2.75) is 31.3 Å². The van der Waals surface area contributed by atoms with Gasteiger partial charge in [-0.3, -0.25) is 9.32 Å². The predicted octanol–water partition coefficient (Wildman–Crippen LogP) is -1.55. The number of azide groups is 1. The van der Waals surface area contributed by atoms with Crippen molar-refractivity contribution in [2.24, 2.45) is 5.11 Å². The molecule has 12 heteroatoms. The zero-order valence-corrected chi connectivity index (χ0v) is 10.7. The third-order valence-corrected chi connectivity index (χ3v) is 2.57. The molecule has 110 valence electrons. The summed E-state index contributed by atoms with van der Waals surface area (Å²) in [6.07, 6.45) is -5.86. The van der Waals surface area contributed by atoms with E-state index in [4.69, 9.17) is 15.3 Å². The number of phosphoric ester groups is 1. The first kappa shape index (κ1) is 18.0. The second-order valence-electron chi connectivity index (χ2n) is 3.60. The van der Waals surface area contributed by atoms with Gasteiger partial charge in [0.15, 0.2) is 5.78 Å². The van der Waals surface area contributed by atoms with Crippen LogP contribution in [0.15, 0.2) is 5.11 Å². The SMILES string of the molecule is C[C@H](N=[N+]=[N-])[C@@H](O)[C@@H](O)[C@H](O)C(=O)COP(=O)(O)O. The van der Waals surface area contributed by atoms with Gasteiger partial charge in [0, 0.05) is 4.91 Å². The highest BCUT2D eigenvalue weighted by Gasteiger charge is 2.33. The van der Waals surface area contributed by atoms with Crippen LogP contribution in [0, 0.1) is 0 Å². The number of aliphatic hydroxyl groups is 3. The van der Waals surface area contributed by atoms with Crippen LogP contribution in [0.25, 0.3) is 10.4 Å². The molecule has 0 spiro atoms. The monoisotopic (exact) mass is 299 g/mol. The Morgan fingerprint density at radius 1 is 1.37 bits per heavy atom. The van der Waals surface area contributed by atoms with E-state index in [1.165, 1.54) is 6.92 Å². The number of nitrogens with zero attached hydrogens (tertiary/aromatic N) is 3. The fraction of sp³-hybridized carbons (Fsp3) is 0.857. The van der Waals surface area contributed by atoms with Crippen molar-refractivity contribution >= 4 is 13.6 Å². The molecule has 0 bridgehead atoms. The van der Waals surface area contributed by atoms with Crippen molar-refractivity contribution in [3.8, 4) is 0 Å². The van der Waals surface area contributed by atoms with Crippen LogP contribution in [-0.4, -0.2) is 61.9 Å². The molecule has 0 rings (SSSR count). The highest BCUT2D eigenvalue weighted by molar-refractivity contribution is 7.46. The summed E-state index contributed by atoms with van der Waals surface area (Å²) < 4.78 is 14.2. The minimum Gasteiger partial charge on any atom is -0.390 e. The molecule has 0 aliphatic heterocycles. The number of carbonyl (C=O) groups is 1. The highest BCUT2D eigenvalue weighted by atomic mass is 31.2. The molecule has 0 fully saturated rings. The summed E-state index contributed by atoms with van der Waals surface area (Å²) in [6, 6.07) is -1.12. The van der Waals surface area contributed by atoms with Gasteiger partial charge in [-0.15, -0.1) is 0 Å². The Morgan fingerprint density at radius 2 is 1.89 bits per heavy atom. The van der Waals surface area contributed by atoms with Crippen LogP contribution in [0.3, 0.4) is 0 Å². The average Bonchev–Trinajstić information content (AvgIpc) is 2.32. The number of aliphatic hydroxyl groups excluding tert-OH is 3. The van der Waals surface area contributed by atoms with E-state index in [0.29, 0.717) is 0 Å². The predicted molar refractivity (Wildman–Crippen MR) is 59.6 cm³/mol. The first-order valence-electron chi connectivity index (χ1n) is 4.91. The molecule has 4 atom stereocenters. The Kier molecular flexibility index (Phi) is 7.12. The van der Waals surface area contributed by atoms with Gasteiger partial charge in [-0.2, -0.15) is 0 Å². The van der Waals surface area contributed by atoms with Gasteiger partial charge in [0.25, 0.3) is 0 Å². The number of Topliss-reactive ketones (excluding diaryl/α,β-unsaturated/α-hetero) is 1. The smallest absolute Gasteiger partial charge is 0.390 e. The second kappa shape index (κ2) is 7.53. The van der Waals surface area contributed by atoms with Crippen molar-refractivity contribution in [3.05, 3.63) is 10.4 Å². The van der Waals surface area contributed by atoms with Crippen molar-refractivity contribution in [1.29, 1.82) is 0 Å². The maximum atomic E-state index is 11.2. The van der Waals surface area contributed by atoms with Crippen LogP contribution < -0.4 is 0 Å². The minimum atomic E-state index is -4.89. The van der Waals surface area contributed by atoms with Gasteiger partial charge < -0.3 is 25.1 Å². The number of carbonyl (C=O) groups excluding carboxylic acids is 1. The quantitative estimate of drug-likeness (QED) is 0.154. The lowest BCUT2D eigenvalue weighted by Gasteiger charge is -2.24. The summed E-state index contributed by atoms with van der Waals surface area (Å²) in [5, 5.41) is 31.3. The van der Waals surface area contributed by atoms with Crippen molar-refractivity contribution < 1.29 is 39.0 Å². The molecule has 0 aliphatic rings. The largest absolute Gasteiger partial charge is 0.470 e. The Bertz CT molecular complexity index is 405. The maximum absolute atomic E-state index is 11.2.